The van der Waals surface area contributed by atoms with Crippen molar-refractivity contribution in [3.63, 3.8) is 0 Å². The number of anilines is 2. The SMILES string of the molecule is Cc1cccc(N2C(=O)/C(=C3/Sc4ccccc4N3C)SC2=Nc2ccccc2O)c1. The molecule has 2 aliphatic heterocycles. The first kappa shape index (κ1) is 19.8. The Balaban J connectivity index is 1.64. The predicted molar refractivity (Wildman–Crippen MR) is 129 cm³/mol. The fourth-order valence-electron chi connectivity index (χ4n) is 3.53. The van der Waals surface area contributed by atoms with E-state index in [0.717, 1.165) is 26.9 Å². The van der Waals surface area contributed by atoms with E-state index in [1.807, 2.05) is 56.4 Å². The minimum absolute atomic E-state index is 0.0770. The zero-order valence-electron chi connectivity index (χ0n) is 16.9. The average molecular weight is 446 g/mol. The van der Waals surface area contributed by atoms with Crippen LogP contribution < -0.4 is 9.80 Å². The van der Waals surface area contributed by atoms with Crippen molar-refractivity contribution in [2.75, 3.05) is 16.8 Å². The molecule has 7 heteroatoms. The van der Waals surface area contributed by atoms with Crippen LogP contribution in [0.15, 0.2) is 92.6 Å². The van der Waals surface area contributed by atoms with Gasteiger partial charge in [0, 0.05) is 11.9 Å². The van der Waals surface area contributed by atoms with Gasteiger partial charge in [-0.25, -0.2) is 4.99 Å². The summed E-state index contributed by atoms with van der Waals surface area (Å²) < 4.78 is 0. The molecule has 0 spiro atoms. The van der Waals surface area contributed by atoms with Gasteiger partial charge >= 0.3 is 0 Å². The first-order valence-corrected chi connectivity index (χ1v) is 11.4. The van der Waals surface area contributed by atoms with E-state index in [-0.39, 0.29) is 11.7 Å². The number of carbonyl (C=O) groups is 1. The van der Waals surface area contributed by atoms with Crippen LogP contribution in [0.5, 0.6) is 5.75 Å². The molecule has 3 aromatic carbocycles. The Labute approximate surface area is 189 Å². The van der Waals surface area contributed by atoms with Gasteiger partial charge in [0.2, 0.25) is 0 Å². The molecule has 0 atom stereocenters. The van der Waals surface area contributed by atoms with Crippen molar-refractivity contribution in [2.24, 2.45) is 4.99 Å². The van der Waals surface area contributed by atoms with Gasteiger partial charge in [-0.1, -0.05) is 48.2 Å². The molecule has 1 amide bonds. The minimum atomic E-state index is -0.119. The van der Waals surface area contributed by atoms with Crippen LogP contribution in [0.25, 0.3) is 0 Å². The summed E-state index contributed by atoms with van der Waals surface area (Å²) in [5, 5.41) is 11.6. The predicted octanol–water partition coefficient (Wildman–Crippen LogP) is 5.88. The third kappa shape index (κ3) is 3.49. The minimum Gasteiger partial charge on any atom is -0.506 e. The number of aliphatic imine (C=N–C) groups is 1. The van der Waals surface area contributed by atoms with Gasteiger partial charge in [0.15, 0.2) is 5.17 Å². The molecular weight excluding hydrogens is 426 g/mol. The van der Waals surface area contributed by atoms with E-state index < -0.39 is 0 Å². The number of aryl methyl sites for hydroxylation is 1. The second-order valence-corrected chi connectivity index (χ2v) is 9.24. The highest BCUT2D eigenvalue weighted by molar-refractivity contribution is 8.20. The lowest BCUT2D eigenvalue weighted by Crippen LogP contribution is -2.29. The van der Waals surface area contributed by atoms with E-state index in [0.29, 0.717) is 15.8 Å². The van der Waals surface area contributed by atoms with Crippen molar-refractivity contribution in [1.82, 2.24) is 0 Å². The lowest BCUT2D eigenvalue weighted by atomic mass is 10.2. The smallest absolute Gasteiger partial charge is 0.274 e. The maximum Gasteiger partial charge on any atom is 0.274 e. The summed E-state index contributed by atoms with van der Waals surface area (Å²) in [6.45, 7) is 1.99. The number of hydrogen-bond donors (Lipinski definition) is 1. The van der Waals surface area contributed by atoms with Gasteiger partial charge in [0.25, 0.3) is 5.91 Å². The number of para-hydroxylation sites is 3. The molecule has 0 aliphatic carbocycles. The van der Waals surface area contributed by atoms with Gasteiger partial charge in [0.05, 0.1) is 16.4 Å². The van der Waals surface area contributed by atoms with Crippen LogP contribution >= 0.6 is 23.5 Å². The molecule has 2 aliphatic rings. The molecule has 0 saturated carbocycles. The number of hydrogen-bond acceptors (Lipinski definition) is 6. The Morgan fingerprint density at radius 1 is 0.935 bits per heavy atom. The van der Waals surface area contributed by atoms with Crippen LogP contribution in [0.2, 0.25) is 0 Å². The quantitative estimate of drug-likeness (QED) is 0.499. The number of carbonyl (C=O) groups excluding carboxylic acids is 1. The van der Waals surface area contributed by atoms with Gasteiger partial charge in [0.1, 0.15) is 16.3 Å². The number of rotatable bonds is 2. The second kappa shape index (κ2) is 7.83. The molecule has 1 saturated heterocycles. The molecule has 3 aromatic rings. The normalized spacial score (nSPS) is 19.4. The van der Waals surface area contributed by atoms with Crippen molar-refractivity contribution in [3.05, 3.63) is 88.3 Å². The summed E-state index contributed by atoms with van der Waals surface area (Å²) in [4.78, 5) is 23.7. The van der Waals surface area contributed by atoms with E-state index in [1.54, 1.807) is 34.9 Å². The highest BCUT2D eigenvalue weighted by Crippen LogP contribution is 2.50. The van der Waals surface area contributed by atoms with Gasteiger partial charge in [-0.2, -0.15) is 0 Å². The lowest BCUT2D eigenvalue weighted by Gasteiger charge is -2.17. The summed E-state index contributed by atoms with van der Waals surface area (Å²) >= 11 is 2.93. The van der Waals surface area contributed by atoms with Crippen LogP contribution in [0.3, 0.4) is 0 Å². The Hall–Kier alpha value is -3.16. The lowest BCUT2D eigenvalue weighted by molar-refractivity contribution is -0.113. The van der Waals surface area contributed by atoms with Gasteiger partial charge in [-0.3, -0.25) is 9.69 Å². The fourth-order valence-corrected chi connectivity index (χ4v) is 5.87. The maximum atomic E-state index is 13.7. The number of aromatic hydroxyl groups is 1. The molecule has 2 heterocycles. The van der Waals surface area contributed by atoms with E-state index in [9.17, 15) is 9.90 Å². The maximum absolute atomic E-state index is 13.7. The van der Waals surface area contributed by atoms with Gasteiger partial charge < -0.3 is 10.0 Å². The average Bonchev–Trinajstić information content (AvgIpc) is 3.26. The molecule has 0 aromatic heterocycles. The highest BCUT2D eigenvalue weighted by Gasteiger charge is 2.40. The summed E-state index contributed by atoms with van der Waals surface area (Å²) in [5.41, 5.74) is 3.32. The van der Waals surface area contributed by atoms with Crippen LogP contribution in [-0.4, -0.2) is 23.2 Å². The third-order valence-electron chi connectivity index (χ3n) is 5.07. The summed E-state index contributed by atoms with van der Waals surface area (Å²) in [7, 11) is 1.98. The summed E-state index contributed by atoms with van der Waals surface area (Å²) in [6, 6.07) is 22.8. The van der Waals surface area contributed by atoms with Crippen molar-refractivity contribution in [1.29, 1.82) is 0 Å². The van der Waals surface area contributed by atoms with Crippen molar-refractivity contribution in [2.45, 2.75) is 11.8 Å². The van der Waals surface area contributed by atoms with Crippen LogP contribution in [0.4, 0.5) is 17.1 Å². The van der Waals surface area contributed by atoms with Crippen molar-refractivity contribution < 1.29 is 9.90 Å². The van der Waals surface area contributed by atoms with E-state index in [4.69, 9.17) is 0 Å². The number of benzene rings is 3. The molecule has 154 valence electrons. The molecule has 0 unspecified atom stereocenters. The standard InChI is InChI=1S/C24H19N3O2S2/c1-15-8-7-9-16(14-15)27-22(29)21(23-26(2)18-11-4-6-13-20(18)30-23)31-24(27)25-17-10-3-5-12-19(17)28/h3-14,28H,1-2H3/b23-21-,25-24?. The van der Waals surface area contributed by atoms with Crippen LogP contribution in [-0.2, 0) is 4.79 Å². The largest absolute Gasteiger partial charge is 0.506 e. The molecule has 0 radical (unpaired) electrons. The van der Waals surface area contributed by atoms with E-state index >= 15 is 0 Å². The van der Waals surface area contributed by atoms with E-state index in [2.05, 4.69) is 22.0 Å². The third-order valence-corrected chi connectivity index (χ3v) is 7.47. The highest BCUT2D eigenvalue weighted by atomic mass is 32.2. The Bertz CT molecular complexity index is 1270. The monoisotopic (exact) mass is 445 g/mol. The first-order valence-electron chi connectivity index (χ1n) is 9.73. The number of fused-ring (bicyclic) bond motifs is 1. The first-order chi connectivity index (χ1) is 15.0. The summed E-state index contributed by atoms with van der Waals surface area (Å²) in [6.07, 6.45) is 0. The van der Waals surface area contributed by atoms with Gasteiger partial charge in [-0.15, -0.1) is 0 Å². The van der Waals surface area contributed by atoms with Gasteiger partial charge in [-0.05, 0) is 60.6 Å². The van der Waals surface area contributed by atoms with Crippen molar-refractivity contribution >= 4 is 51.7 Å². The number of amides is 1. The fraction of sp³-hybridized carbons (Fsp3) is 0.0833. The summed E-state index contributed by atoms with van der Waals surface area (Å²) in [5.74, 6) is -0.0416. The number of nitrogens with zero attached hydrogens (tertiary/aromatic N) is 3. The molecule has 5 nitrogen and oxygen atoms in total. The number of amidine groups is 1. The Morgan fingerprint density at radius 2 is 1.71 bits per heavy atom. The molecule has 5 rings (SSSR count). The Kier molecular flexibility index (Phi) is 5.00. The van der Waals surface area contributed by atoms with Crippen LogP contribution in [0.1, 0.15) is 5.56 Å². The molecule has 1 fully saturated rings. The number of phenols is 1. The van der Waals surface area contributed by atoms with E-state index in [1.165, 1.54) is 11.8 Å². The molecular formula is C24H19N3O2S2. The zero-order chi connectivity index (χ0) is 21.5. The molecule has 31 heavy (non-hydrogen) atoms. The second-order valence-electron chi connectivity index (χ2n) is 7.23. The molecule has 0 bridgehead atoms. The number of thioether (sulfide) groups is 2. The molecule has 1 N–H and O–H groups in total. The van der Waals surface area contributed by atoms with Crippen LogP contribution in [0, 0.1) is 6.92 Å². The zero-order valence-corrected chi connectivity index (χ0v) is 18.6. The number of phenolic OH excluding ortho intramolecular Hbond substituents is 1. The Morgan fingerprint density at radius 3 is 2.48 bits per heavy atom. The topological polar surface area (TPSA) is 56.1 Å². The van der Waals surface area contributed by atoms with Crippen molar-refractivity contribution in [3.8, 4) is 5.75 Å².